The van der Waals surface area contributed by atoms with Gasteiger partial charge in [-0.05, 0) is 11.6 Å². The van der Waals surface area contributed by atoms with E-state index in [0.717, 1.165) is 22.2 Å². The van der Waals surface area contributed by atoms with Gasteiger partial charge < -0.3 is 5.32 Å². The third-order valence-corrected chi connectivity index (χ3v) is 4.94. The van der Waals surface area contributed by atoms with E-state index in [-0.39, 0.29) is 5.91 Å². The topological polar surface area (TPSA) is 41.5 Å². The molecular formula is C12H13ClN2OS2. The Morgan fingerprint density at radius 1 is 1.50 bits per heavy atom. The van der Waals surface area contributed by atoms with Gasteiger partial charge in [-0.15, -0.1) is 0 Å². The van der Waals surface area contributed by atoms with Gasteiger partial charge in [-0.1, -0.05) is 53.3 Å². The Balaban J connectivity index is 1.73. The molecule has 0 saturated carbocycles. The molecule has 1 amide bonds. The number of benzene rings is 1. The van der Waals surface area contributed by atoms with E-state index in [0.29, 0.717) is 17.3 Å². The summed E-state index contributed by atoms with van der Waals surface area (Å²) in [6.07, 6.45) is 0. The van der Waals surface area contributed by atoms with Gasteiger partial charge in [0.25, 0.3) is 0 Å². The Morgan fingerprint density at radius 3 is 3.06 bits per heavy atom. The fourth-order valence-electron chi connectivity index (χ4n) is 1.42. The lowest BCUT2D eigenvalue weighted by molar-refractivity contribution is -0.118. The Labute approximate surface area is 120 Å². The van der Waals surface area contributed by atoms with E-state index < -0.39 is 0 Å². The summed E-state index contributed by atoms with van der Waals surface area (Å²) in [5.41, 5.74) is 0.935. The monoisotopic (exact) mass is 300 g/mol. The molecule has 6 heteroatoms. The summed E-state index contributed by atoms with van der Waals surface area (Å²) in [4.78, 5) is 15.9. The first-order chi connectivity index (χ1) is 8.75. The molecule has 1 heterocycles. The molecule has 2 rings (SSSR count). The lowest BCUT2D eigenvalue weighted by Crippen LogP contribution is -2.25. The molecule has 0 spiro atoms. The fraction of sp³-hybridized carbons (Fsp3) is 0.333. The van der Waals surface area contributed by atoms with Crippen LogP contribution in [0.2, 0.25) is 5.02 Å². The quantitative estimate of drug-likeness (QED) is 0.929. The minimum atomic E-state index is 0.00937. The molecule has 18 heavy (non-hydrogen) atoms. The minimum absolute atomic E-state index is 0.00937. The molecule has 0 atom stereocenters. The van der Waals surface area contributed by atoms with Gasteiger partial charge in [0.1, 0.15) is 4.38 Å². The second-order valence-electron chi connectivity index (χ2n) is 3.65. The third-order valence-electron chi connectivity index (χ3n) is 2.32. The van der Waals surface area contributed by atoms with E-state index >= 15 is 0 Å². The molecule has 3 nitrogen and oxygen atoms in total. The molecule has 1 aromatic rings. The highest BCUT2D eigenvalue weighted by molar-refractivity contribution is 8.39. The molecule has 0 radical (unpaired) electrons. The van der Waals surface area contributed by atoms with E-state index in [2.05, 4.69) is 10.3 Å². The maximum atomic E-state index is 11.6. The molecule has 1 aromatic carbocycles. The second kappa shape index (κ2) is 7.07. The average molecular weight is 301 g/mol. The lowest BCUT2D eigenvalue weighted by Gasteiger charge is -2.06. The number of halogens is 1. The van der Waals surface area contributed by atoms with E-state index in [4.69, 9.17) is 11.6 Å². The number of hydrogen-bond acceptors (Lipinski definition) is 4. The third kappa shape index (κ3) is 4.23. The standard InChI is InChI=1S/C12H13ClN2OS2/c13-10-4-2-1-3-9(10)7-15-11(16)8-18-12-14-5-6-17-12/h1-4H,5-8H2,(H,15,16). The number of hydrogen-bond donors (Lipinski definition) is 1. The van der Waals surface area contributed by atoms with Gasteiger partial charge in [0.05, 0.1) is 12.3 Å². The Hall–Kier alpha value is -0.650. The van der Waals surface area contributed by atoms with Gasteiger partial charge in [-0.2, -0.15) is 0 Å². The van der Waals surface area contributed by atoms with Gasteiger partial charge >= 0.3 is 0 Å². The van der Waals surface area contributed by atoms with Crippen LogP contribution in [0.4, 0.5) is 0 Å². The molecule has 0 aliphatic carbocycles. The first kappa shape index (κ1) is 13.8. The van der Waals surface area contributed by atoms with Crippen LogP contribution in [-0.2, 0) is 11.3 Å². The summed E-state index contributed by atoms with van der Waals surface area (Å²) < 4.78 is 1.02. The molecular weight excluding hydrogens is 288 g/mol. The zero-order chi connectivity index (χ0) is 12.8. The van der Waals surface area contributed by atoms with Crippen molar-refractivity contribution >= 4 is 45.4 Å². The maximum Gasteiger partial charge on any atom is 0.230 e. The highest BCUT2D eigenvalue weighted by Gasteiger charge is 2.10. The van der Waals surface area contributed by atoms with Gasteiger partial charge in [-0.3, -0.25) is 9.79 Å². The normalized spacial score (nSPS) is 14.4. The SMILES string of the molecule is O=C(CSC1=NCCS1)NCc1ccccc1Cl. The largest absolute Gasteiger partial charge is 0.351 e. The van der Waals surface area contributed by atoms with Crippen molar-refractivity contribution in [2.24, 2.45) is 4.99 Å². The van der Waals surface area contributed by atoms with Crippen LogP contribution in [0.1, 0.15) is 5.56 Å². The highest BCUT2D eigenvalue weighted by atomic mass is 35.5. The van der Waals surface area contributed by atoms with Crippen LogP contribution in [-0.4, -0.2) is 28.3 Å². The number of aliphatic imine (C=N–C) groups is 1. The molecule has 1 aliphatic rings. The van der Waals surface area contributed by atoms with Crippen LogP contribution in [0.25, 0.3) is 0 Å². The molecule has 1 N–H and O–H groups in total. The zero-order valence-electron chi connectivity index (χ0n) is 9.69. The smallest absolute Gasteiger partial charge is 0.230 e. The molecule has 0 aromatic heterocycles. The van der Waals surface area contributed by atoms with Crippen molar-refractivity contribution < 1.29 is 4.79 Å². The predicted octanol–water partition coefficient (Wildman–Crippen LogP) is 2.79. The Morgan fingerprint density at radius 2 is 2.33 bits per heavy atom. The number of carbonyl (C=O) groups excluding carboxylic acids is 1. The summed E-state index contributed by atoms with van der Waals surface area (Å²) in [5.74, 6) is 1.45. The molecule has 0 fully saturated rings. The van der Waals surface area contributed by atoms with E-state index in [1.807, 2.05) is 24.3 Å². The van der Waals surface area contributed by atoms with Crippen LogP contribution in [0.15, 0.2) is 29.3 Å². The maximum absolute atomic E-state index is 11.6. The number of carbonyl (C=O) groups is 1. The summed E-state index contributed by atoms with van der Waals surface area (Å²) in [7, 11) is 0. The highest BCUT2D eigenvalue weighted by Crippen LogP contribution is 2.21. The van der Waals surface area contributed by atoms with Crippen molar-refractivity contribution in [2.75, 3.05) is 18.1 Å². The van der Waals surface area contributed by atoms with Crippen molar-refractivity contribution in [1.29, 1.82) is 0 Å². The van der Waals surface area contributed by atoms with Crippen LogP contribution in [0.3, 0.4) is 0 Å². The molecule has 0 saturated heterocycles. The summed E-state index contributed by atoms with van der Waals surface area (Å²) >= 11 is 9.22. The lowest BCUT2D eigenvalue weighted by atomic mass is 10.2. The van der Waals surface area contributed by atoms with Gasteiger partial charge in [0, 0.05) is 17.3 Å². The van der Waals surface area contributed by atoms with E-state index in [1.165, 1.54) is 11.8 Å². The average Bonchev–Trinajstić information content (AvgIpc) is 2.88. The van der Waals surface area contributed by atoms with Gasteiger partial charge in [-0.25, -0.2) is 0 Å². The van der Waals surface area contributed by atoms with E-state index in [9.17, 15) is 4.79 Å². The fourth-order valence-corrected chi connectivity index (χ4v) is 3.46. The van der Waals surface area contributed by atoms with Gasteiger partial charge in [0.15, 0.2) is 0 Å². The zero-order valence-corrected chi connectivity index (χ0v) is 12.1. The van der Waals surface area contributed by atoms with Crippen LogP contribution >= 0.6 is 35.1 Å². The van der Waals surface area contributed by atoms with Crippen molar-refractivity contribution in [3.63, 3.8) is 0 Å². The number of thioether (sulfide) groups is 2. The summed E-state index contributed by atoms with van der Waals surface area (Å²) in [6.45, 7) is 1.34. The van der Waals surface area contributed by atoms with Crippen molar-refractivity contribution in [3.05, 3.63) is 34.9 Å². The number of nitrogens with one attached hydrogen (secondary N) is 1. The van der Waals surface area contributed by atoms with Crippen LogP contribution in [0, 0.1) is 0 Å². The molecule has 96 valence electrons. The number of nitrogens with zero attached hydrogens (tertiary/aromatic N) is 1. The van der Waals surface area contributed by atoms with Crippen molar-refractivity contribution in [1.82, 2.24) is 5.32 Å². The first-order valence-corrected chi connectivity index (χ1v) is 7.91. The summed E-state index contributed by atoms with van der Waals surface area (Å²) in [6, 6.07) is 7.51. The first-order valence-electron chi connectivity index (χ1n) is 5.56. The number of amides is 1. The second-order valence-corrected chi connectivity index (χ2v) is 6.37. The molecule has 0 bridgehead atoms. The van der Waals surface area contributed by atoms with Gasteiger partial charge in [0.2, 0.25) is 5.91 Å². The Bertz CT molecular complexity index is 465. The molecule has 1 aliphatic heterocycles. The van der Waals surface area contributed by atoms with Crippen molar-refractivity contribution in [3.8, 4) is 0 Å². The van der Waals surface area contributed by atoms with E-state index in [1.54, 1.807) is 11.8 Å². The predicted molar refractivity (Wildman–Crippen MR) is 80.5 cm³/mol. The van der Waals surface area contributed by atoms with Crippen LogP contribution in [0.5, 0.6) is 0 Å². The summed E-state index contributed by atoms with van der Waals surface area (Å²) in [5, 5.41) is 3.54. The Kier molecular flexibility index (Phi) is 5.41. The number of rotatable bonds is 4. The van der Waals surface area contributed by atoms with Crippen molar-refractivity contribution in [2.45, 2.75) is 6.54 Å². The molecule has 0 unspecified atom stereocenters. The van der Waals surface area contributed by atoms with Crippen LogP contribution < -0.4 is 5.32 Å². The minimum Gasteiger partial charge on any atom is -0.351 e.